The Morgan fingerprint density at radius 3 is 2.18 bits per heavy atom. The molecule has 1 nitrogen and oxygen atoms in total. The molecule has 0 saturated heterocycles. The monoisotopic (exact) mass is 189 g/mol. The summed E-state index contributed by atoms with van der Waals surface area (Å²) in [4.78, 5) is 11.2. The molecule has 3 atom stereocenters. The van der Waals surface area contributed by atoms with Crippen molar-refractivity contribution in [2.24, 2.45) is 23.2 Å². The fourth-order valence-electron chi connectivity index (χ4n) is 2.84. The summed E-state index contributed by atoms with van der Waals surface area (Å²) in [6.45, 7) is 6.65. The molecule has 0 aromatic rings. The average Bonchev–Trinajstić information content (AvgIpc) is 2.32. The molecule has 0 N–H and O–H groups in total. The van der Waals surface area contributed by atoms with Gasteiger partial charge in [0.15, 0.2) is 0 Å². The van der Waals surface area contributed by atoms with E-state index in [1.54, 1.807) is 0 Å². The number of rotatable bonds is 0. The molecular formula is C9H14OV. The summed E-state index contributed by atoms with van der Waals surface area (Å²) in [5.74, 6) is 2.38. The topological polar surface area (TPSA) is 17.1 Å². The van der Waals surface area contributed by atoms with Gasteiger partial charge in [0, 0.05) is 30.9 Å². The van der Waals surface area contributed by atoms with Crippen LogP contribution in [0.1, 0.15) is 27.2 Å². The number of hydrogen-bond donors (Lipinski definition) is 0. The van der Waals surface area contributed by atoms with E-state index in [1.807, 2.05) is 0 Å². The van der Waals surface area contributed by atoms with Crippen molar-refractivity contribution in [3.05, 3.63) is 0 Å². The van der Waals surface area contributed by atoms with Crippen LogP contribution in [0.25, 0.3) is 0 Å². The SMILES string of the molecule is C[C@@H]1[C@H]2C(=O)CC(C)(C)[C@@H]12.[V]. The van der Waals surface area contributed by atoms with Crippen LogP contribution in [0.15, 0.2) is 0 Å². The molecule has 2 heteroatoms. The van der Waals surface area contributed by atoms with Gasteiger partial charge in [-0.25, -0.2) is 0 Å². The predicted molar refractivity (Wildman–Crippen MR) is 39.5 cm³/mol. The second-order valence-electron chi connectivity index (χ2n) is 4.54. The predicted octanol–water partition coefficient (Wildman–Crippen LogP) is 1.86. The quantitative estimate of drug-likeness (QED) is 0.568. The van der Waals surface area contributed by atoms with Gasteiger partial charge in [-0.2, -0.15) is 0 Å². The number of ketones is 1. The number of Topliss-reactive ketones (excluding diaryl/α,β-unsaturated/α-hetero) is 1. The minimum atomic E-state index is 0. The minimum absolute atomic E-state index is 0. The Labute approximate surface area is 79.8 Å². The first-order valence-electron chi connectivity index (χ1n) is 4.07. The first-order valence-corrected chi connectivity index (χ1v) is 4.07. The summed E-state index contributed by atoms with van der Waals surface area (Å²) >= 11 is 0. The van der Waals surface area contributed by atoms with Gasteiger partial charge >= 0.3 is 0 Å². The maximum atomic E-state index is 11.2. The standard InChI is InChI=1S/C9H14O.V/c1-5-7-6(10)4-9(2,3)8(5)7;/h5,7-8H,4H2,1-3H3;/t5-,7+,8+;/m1./s1. The zero-order chi connectivity index (χ0) is 7.52. The number of fused-ring (bicyclic) bond motifs is 1. The van der Waals surface area contributed by atoms with E-state index in [4.69, 9.17) is 0 Å². The van der Waals surface area contributed by atoms with Crippen molar-refractivity contribution in [2.45, 2.75) is 27.2 Å². The Bertz CT molecular complexity index is 198. The van der Waals surface area contributed by atoms with Crippen molar-refractivity contribution in [1.82, 2.24) is 0 Å². The van der Waals surface area contributed by atoms with Gasteiger partial charge in [0.05, 0.1) is 0 Å². The minimum Gasteiger partial charge on any atom is -0.299 e. The van der Waals surface area contributed by atoms with E-state index in [0.29, 0.717) is 23.0 Å². The van der Waals surface area contributed by atoms with Gasteiger partial charge in [-0.3, -0.25) is 4.79 Å². The smallest absolute Gasteiger partial charge is 0.137 e. The molecule has 0 aromatic carbocycles. The molecule has 2 aliphatic carbocycles. The van der Waals surface area contributed by atoms with Crippen LogP contribution in [0.5, 0.6) is 0 Å². The summed E-state index contributed by atoms with van der Waals surface area (Å²) in [6.07, 6.45) is 0.826. The number of carbonyl (C=O) groups is 1. The zero-order valence-electron chi connectivity index (χ0n) is 7.29. The van der Waals surface area contributed by atoms with Gasteiger partial charge in [0.25, 0.3) is 0 Å². The summed E-state index contributed by atoms with van der Waals surface area (Å²) in [5.41, 5.74) is 0.321. The van der Waals surface area contributed by atoms with E-state index in [-0.39, 0.29) is 18.6 Å². The molecule has 0 unspecified atom stereocenters. The van der Waals surface area contributed by atoms with Crippen LogP contribution >= 0.6 is 0 Å². The Balaban J connectivity index is 0.000000605. The molecule has 0 aliphatic heterocycles. The van der Waals surface area contributed by atoms with E-state index in [2.05, 4.69) is 20.8 Å². The van der Waals surface area contributed by atoms with Gasteiger partial charge < -0.3 is 0 Å². The number of carbonyl (C=O) groups excluding carboxylic acids is 1. The fraction of sp³-hybridized carbons (Fsp3) is 0.889. The molecule has 0 aromatic heterocycles. The van der Waals surface area contributed by atoms with Gasteiger partial charge in [0.2, 0.25) is 0 Å². The van der Waals surface area contributed by atoms with E-state index >= 15 is 0 Å². The molecule has 2 rings (SSSR count). The van der Waals surface area contributed by atoms with Crippen LogP contribution in [-0.2, 0) is 23.4 Å². The van der Waals surface area contributed by atoms with E-state index in [9.17, 15) is 4.79 Å². The van der Waals surface area contributed by atoms with Crippen LogP contribution in [0.4, 0.5) is 0 Å². The second kappa shape index (κ2) is 2.37. The third kappa shape index (κ3) is 1.10. The van der Waals surface area contributed by atoms with E-state index < -0.39 is 0 Å². The maximum Gasteiger partial charge on any atom is 0.137 e. The third-order valence-corrected chi connectivity index (χ3v) is 3.28. The summed E-state index contributed by atoms with van der Waals surface area (Å²) in [6, 6.07) is 0. The average molecular weight is 189 g/mol. The summed E-state index contributed by atoms with van der Waals surface area (Å²) in [7, 11) is 0. The molecule has 0 heterocycles. The molecular weight excluding hydrogens is 175 g/mol. The first-order chi connectivity index (χ1) is 4.54. The largest absolute Gasteiger partial charge is 0.299 e. The van der Waals surface area contributed by atoms with Crippen molar-refractivity contribution < 1.29 is 23.4 Å². The first kappa shape index (κ1) is 9.34. The van der Waals surface area contributed by atoms with Gasteiger partial charge in [-0.05, 0) is 17.3 Å². The molecule has 0 spiro atoms. The zero-order valence-corrected chi connectivity index (χ0v) is 8.69. The van der Waals surface area contributed by atoms with Gasteiger partial charge in [-0.1, -0.05) is 20.8 Å². The van der Waals surface area contributed by atoms with Crippen LogP contribution in [0, 0.1) is 23.2 Å². The Hall–Kier alpha value is 0.254. The van der Waals surface area contributed by atoms with E-state index in [0.717, 1.165) is 12.3 Å². The van der Waals surface area contributed by atoms with E-state index in [1.165, 1.54) is 0 Å². The van der Waals surface area contributed by atoms with Crippen molar-refractivity contribution in [3.8, 4) is 0 Å². The van der Waals surface area contributed by atoms with Crippen molar-refractivity contribution >= 4 is 5.78 Å². The van der Waals surface area contributed by atoms with Crippen LogP contribution in [-0.4, -0.2) is 5.78 Å². The summed E-state index contributed by atoms with van der Waals surface area (Å²) < 4.78 is 0. The Morgan fingerprint density at radius 2 is 2.00 bits per heavy atom. The molecule has 11 heavy (non-hydrogen) atoms. The number of hydrogen-bond acceptors (Lipinski definition) is 1. The molecule has 0 amide bonds. The van der Waals surface area contributed by atoms with Crippen molar-refractivity contribution in [2.75, 3.05) is 0 Å². The van der Waals surface area contributed by atoms with Crippen LogP contribution < -0.4 is 0 Å². The maximum absolute atomic E-state index is 11.2. The molecule has 0 bridgehead atoms. The molecule has 2 saturated carbocycles. The van der Waals surface area contributed by atoms with Crippen molar-refractivity contribution in [1.29, 1.82) is 0 Å². The summed E-state index contributed by atoms with van der Waals surface area (Å²) in [5, 5.41) is 0. The normalized spacial score (nSPS) is 44.6. The fourth-order valence-corrected chi connectivity index (χ4v) is 2.84. The molecule has 2 aliphatic rings. The Kier molecular flexibility index (Phi) is 2.01. The molecule has 2 fully saturated rings. The second-order valence-corrected chi connectivity index (χ2v) is 4.54. The van der Waals surface area contributed by atoms with Crippen molar-refractivity contribution in [3.63, 3.8) is 0 Å². The van der Waals surface area contributed by atoms with Gasteiger partial charge in [-0.15, -0.1) is 0 Å². The molecule has 1 radical (unpaired) electrons. The van der Waals surface area contributed by atoms with Crippen LogP contribution in [0.2, 0.25) is 0 Å². The third-order valence-electron chi connectivity index (χ3n) is 3.28. The molecule has 61 valence electrons. The Morgan fingerprint density at radius 1 is 1.45 bits per heavy atom. The van der Waals surface area contributed by atoms with Crippen LogP contribution in [0.3, 0.4) is 0 Å². The van der Waals surface area contributed by atoms with Gasteiger partial charge in [0.1, 0.15) is 5.78 Å².